The smallest absolute Gasteiger partial charge is 0.254 e. The van der Waals surface area contributed by atoms with Crippen molar-refractivity contribution in [3.8, 4) is 0 Å². The highest BCUT2D eigenvalue weighted by Gasteiger charge is 2.25. The minimum Gasteiger partial charge on any atom is -0.376 e. The molecule has 1 N–H and O–H groups in total. The topological polar surface area (TPSA) is 51.2 Å². The molecule has 2 aromatic rings. The molecule has 0 saturated carbocycles. The number of nitrogens with one attached hydrogen (secondary N) is 1. The van der Waals surface area contributed by atoms with Gasteiger partial charge in [0, 0.05) is 17.7 Å². The van der Waals surface area contributed by atoms with E-state index in [0.717, 1.165) is 29.4 Å². The van der Waals surface area contributed by atoms with Gasteiger partial charge in [0.25, 0.3) is 5.91 Å². The second kappa shape index (κ2) is 8.02. The molecule has 4 nitrogen and oxygen atoms in total. The van der Waals surface area contributed by atoms with Crippen LogP contribution in [0.3, 0.4) is 0 Å². The number of hydrogen-bond donors (Lipinski definition) is 1. The van der Waals surface area contributed by atoms with Gasteiger partial charge in [0.1, 0.15) is 5.03 Å². The minimum atomic E-state index is -0.0950. The quantitative estimate of drug-likeness (QED) is 0.874. The summed E-state index contributed by atoms with van der Waals surface area (Å²) in [6.45, 7) is 6.97. The van der Waals surface area contributed by atoms with Gasteiger partial charge in [0.05, 0.1) is 17.7 Å². The van der Waals surface area contributed by atoms with E-state index in [0.29, 0.717) is 5.56 Å². The van der Waals surface area contributed by atoms with Gasteiger partial charge in [-0.3, -0.25) is 4.79 Å². The number of nitrogens with zero attached hydrogens (tertiary/aromatic N) is 1. The number of ether oxygens (including phenoxy) is 1. The van der Waals surface area contributed by atoms with Crippen LogP contribution in [0.15, 0.2) is 46.5 Å². The number of carbonyl (C=O) groups excluding carboxylic acids is 1. The molecule has 1 amide bonds. The van der Waals surface area contributed by atoms with E-state index in [1.807, 2.05) is 13.0 Å². The maximum atomic E-state index is 12.7. The van der Waals surface area contributed by atoms with Crippen LogP contribution in [0.5, 0.6) is 0 Å². The molecule has 0 bridgehead atoms. The standard InChI is InChI=1S/C20H24N2O2S/c1-13-8-9-16(12-14(13)2)25-20-17(6-4-10-21-20)19(23)22-15(3)18-7-5-11-24-18/h4,6,8-10,12,15,18H,5,7,11H2,1-3H3,(H,22,23)/t15-,18-/m0/s1. The first-order chi connectivity index (χ1) is 12.0. The molecule has 1 aliphatic heterocycles. The zero-order chi connectivity index (χ0) is 17.8. The first-order valence-electron chi connectivity index (χ1n) is 8.67. The highest BCUT2D eigenvalue weighted by molar-refractivity contribution is 7.99. The maximum Gasteiger partial charge on any atom is 0.254 e. The van der Waals surface area contributed by atoms with Gasteiger partial charge < -0.3 is 10.1 Å². The van der Waals surface area contributed by atoms with Gasteiger partial charge >= 0.3 is 0 Å². The molecule has 1 aromatic heterocycles. The van der Waals surface area contributed by atoms with Crippen LogP contribution in [0.25, 0.3) is 0 Å². The average Bonchev–Trinajstić information content (AvgIpc) is 3.13. The van der Waals surface area contributed by atoms with Crippen LogP contribution in [0, 0.1) is 13.8 Å². The Morgan fingerprint density at radius 3 is 2.88 bits per heavy atom. The van der Waals surface area contributed by atoms with E-state index in [9.17, 15) is 4.79 Å². The van der Waals surface area contributed by atoms with Crippen molar-refractivity contribution in [3.05, 3.63) is 53.2 Å². The van der Waals surface area contributed by atoms with Gasteiger partial charge in [-0.15, -0.1) is 0 Å². The number of amides is 1. The summed E-state index contributed by atoms with van der Waals surface area (Å²) in [5.41, 5.74) is 3.10. The fourth-order valence-corrected chi connectivity index (χ4v) is 3.89. The molecule has 25 heavy (non-hydrogen) atoms. The predicted octanol–water partition coefficient (Wildman–Crippen LogP) is 4.15. The van der Waals surface area contributed by atoms with Crippen molar-refractivity contribution in [2.45, 2.75) is 55.7 Å². The lowest BCUT2D eigenvalue weighted by Crippen LogP contribution is -2.41. The zero-order valence-electron chi connectivity index (χ0n) is 14.9. The Morgan fingerprint density at radius 2 is 2.16 bits per heavy atom. The summed E-state index contributed by atoms with van der Waals surface area (Å²) in [5, 5.41) is 3.79. The number of carbonyl (C=O) groups is 1. The molecule has 0 radical (unpaired) electrons. The van der Waals surface area contributed by atoms with Gasteiger partial charge in [0.2, 0.25) is 0 Å². The summed E-state index contributed by atoms with van der Waals surface area (Å²) in [4.78, 5) is 18.2. The van der Waals surface area contributed by atoms with Crippen molar-refractivity contribution in [2.24, 2.45) is 0 Å². The monoisotopic (exact) mass is 356 g/mol. The Bertz CT molecular complexity index is 757. The molecular weight excluding hydrogens is 332 g/mol. The van der Waals surface area contributed by atoms with E-state index in [1.165, 1.54) is 22.9 Å². The molecule has 0 unspecified atom stereocenters. The second-order valence-corrected chi connectivity index (χ2v) is 7.58. The number of benzene rings is 1. The van der Waals surface area contributed by atoms with Gasteiger partial charge in [-0.2, -0.15) is 0 Å². The molecule has 0 aliphatic carbocycles. The van der Waals surface area contributed by atoms with Crippen molar-refractivity contribution in [2.75, 3.05) is 6.61 Å². The van der Waals surface area contributed by atoms with Crippen LogP contribution in [-0.2, 0) is 4.74 Å². The fraction of sp³-hybridized carbons (Fsp3) is 0.400. The first-order valence-corrected chi connectivity index (χ1v) is 9.49. The SMILES string of the molecule is Cc1ccc(Sc2ncccc2C(=O)N[C@@H](C)[C@@H]2CCCO2)cc1C. The summed E-state index contributed by atoms with van der Waals surface area (Å²) in [6, 6.07) is 9.92. The summed E-state index contributed by atoms with van der Waals surface area (Å²) in [7, 11) is 0. The maximum absolute atomic E-state index is 12.7. The Morgan fingerprint density at radius 1 is 1.32 bits per heavy atom. The molecule has 1 fully saturated rings. The molecule has 1 aliphatic rings. The molecule has 1 saturated heterocycles. The van der Waals surface area contributed by atoms with Gasteiger partial charge in [-0.1, -0.05) is 17.8 Å². The van der Waals surface area contributed by atoms with E-state index in [4.69, 9.17) is 4.74 Å². The van der Waals surface area contributed by atoms with E-state index in [1.54, 1.807) is 12.3 Å². The summed E-state index contributed by atoms with van der Waals surface area (Å²) in [5.74, 6) is -0.0950. The number of hydrogen-bond acceptors (Lipinski definition) is 4. The first kappa shape index (κ1) is 18.0. The summed E-state index contributed by atoms with van der Waals surface area (Å²) < 4.78 is 5.67. The number of aromatic nitrogens is 1. The van der Waals surface area contributed by atoms with Gasteiger partial charge in [0.15, 0.2) is 0 Å². The highest BCUT2D eigenvalue weighted by Crippen LogP contribution is 2.30. The second-order valence-electron chi connectivity index (χ2n) is 6.52. The number of aryl methyl sites for hydroxylation is 2. The summed E-state index contributed by atoms with van der Waals surface area (Å²) >= 11 is 1.52. The van der Waals surface area contributed by atoms with E-state index in [2.05, 4.69) is 42.3 Å². The Kier molecular flexibility index (Phi) is 5.76. The third-order valence-corrected chi connectivity index (χ3v) is 5.60. The Labute approximate surface area is 153 Å². The third-order valence-electron chi connectivity index (χ3n) is 4.59. The van der Waals surface area contributed by atoms with Crippen molar-refractivity contribution < 1.29 is 9.53 Å². The normalized spacial score (nSPS) is 18.1. The van der Waals surface area contributed by atoms with Gasteiger partial charge in [-0.25, -0.2) is 4.98 Å². The zero-order valence-corrected chi connectivity index (χ0v) is 15.7. The lowest BCUT2D eigenvalue weighted by Gasteiger charge is -2.20. The molecular formula is C20H24N2O2S. The average molecular weight is 356 g/mol. The largest absolute Gasteiger partial charge is 0.376 e. The lowest BCUT2D eigenvalue weighted by atomic mass is 10.1. The van der Waals surface area contributed by atoms with E-state index in [-0.39, 0.29) is 18.1 Å². The number of rotatable bonds is 5. The van der Waals surface area contributed by atoms with Crippen LogP contribution >= 0.6 is 11.8 Å². The third kappa shape index (κ3) is 4.41. The highest BCUT2D eigenvalue weighted by atomic mass is 32.2. The summed E-state index contributed by atoms with van der Waals surface area (Å²) in [6.07, 6.45) is 3.89. The molecule has 132 valence electrons. The van der Waals surface area contributed by atoms with Crippen molar-refractivity contribution >= 4 is 17.7 Å². The number of pyridine rings is 1. The lowest BCUT2D eigenvalue weighted by molar-refractivity contribution is 0.0710. The molecule has 2 heterocycles. The molecule has 5 heteroatoms. The minimum absolute atomic E-state index is 0.00493. The van der Waals surface area contributed by atoms with Crippen LogP contribution in [0.1, 0.15) is 41.3 Å². The van der Waals surface area contributed by atoms with E-state index < -0.39 is 0 Å². The van der Waals surface area contributed by atoms with E-state index >= 15 is 0 Å². The molecule has 1 aromatic carbocycles. The van der Waals surface area contributed by atoms with Crippen molar-refractivity contribution in [3.63, 3.8) is 0 Å². The van der Waals surface area contributed by atoms with Crippen LogP contribution in [0.2, 0.25) is 0 Å². The predicted molar refractivity (Wildman–Crippen MR) is 100 cm³/mol. The molecule has 3 rings (SSSR count). The fourth-order valence-electron chi connectivity index (χ4n) is 2.91. The van der Waals surface area contributed by atoms with Gasteiger partial charge in [-0.05, 0) is 69.0 Å². The van der Waals surface area contributed by atoms with Crippen molar-refractivity contribution in [1.29, 1.82) is 0 Å². The molecule has 0 spiro atoms. The Balaban J connectivity index is 1.75. The van der Waals surface area contributed by atoms with Crippen LogP contribution < -0.4 is 5.32 Å². The van der Waals surface area contributed by atoms with Crippen LogP contribution in [-0.4, -0.2) is 29.6 Å². The van der Waals surface area contributed by atoms with Crippen molar-refractivity contribution in [1.82, 2.24) is 10.3 Å². The van der Waals surface area contributed by atoms with Crippen LogP contribution in [0.4, 0.5) is 0 Å². The Hall–Kier alpha value is -1.85. The molecule has 2 atom stereocenters.